The number of rotatable bonds is 13. The summed E-state index contributed by atoms with van der Waals surface area (Å²) < 4.78 is 0. The predicted octanol–water partition coefficient (Wildman–Crippen LogP) is 5.64. The summed E-state index contributed by atoms with van der Waals surface area (Å²) in [7, 11) is 0. The quantitative estimate of drug-likeness (QED) is 0.248. The van der Waals surface area contributed by atoms with Gasteiger partial charge in [-0.15, -0.1) is 0 Å². The van der Waals surface area contributed by atoms with Crippen molar-refractivity contribution in [2.24, 2.45) is 5.92 Å². The third kappa shape index (κ3) is 6.78. The van der Waals surface area contributed by atoms with E-state index >= 15 is 0 Å². The summed E-state index contributed by atoms with van der Waals surface area (Å²) in [5.41, 5.74) is 0.726. The van der Waals surface area contributed by atoms with Crippen molar-refractivity contribution in [3.05, 3.63) is 11.6 Å². The molecule has 0 N–H and O–H groups in total. The lowest BCUT2D eigenvalue weighted by Gasteiger charge is -2.11. The summed E-state index contributed by atoms with van der Waals surface area (Å²) in [6.07, 6.45) is 17.0. The standard InChI is InChI=1S/C21H37NO2/c1-4-6-7-8-9-10-11-12-13-14-15-16-19-18(3)20(23)22(17-5-2)21(19)24/h16,18H,4-15,17H2,1-3H3/b19-16-. The van der Waals surface area contributed by atoms with Crippen LogP contribution in [0.5, 0.6) is 0 Å². The Morgan fingerprint density at radius 3 is 1.92 bits per heavy atom. The zero-order chi connectivity index (χ0) is 17.8. The van der Waals surface area contributed by atoms with Crippen molar-refractivity contribution in [2.45, 2.75) is 97.8 Å². The average molecular weight is 336 g/mol. The van der Waals surface area contributed by atoms with Gasteiger partial charge in [0.1, 0.15) is 0 Å². The van der Waals surface area contributed by atoms with Gasteiger partial charge in [-0.2, -0.15) is 0 Å². The first-order valence-corrected chi connectivity index (χ1v) is 10.2. The number of allylic oxidation sites excluding steroid dienone is 1. The Morgan fingerprint density at radius 1 is 0.833 bits per heavy atom. The Kier molecular flexibility index (Phi) is 10.7. The van der Waals surface area contributed by atoms with Gasteiger partial charge in [0.25, 0.3) is 5.91 Å². The highest BCUT2D eigenvalue weighted by Gasteiger charge is 2.39. The Labute approximate surface area is 148 Å². The van der Waals surface area contributed by atoms with Gasteiger partial charge in [-0.05, 0) is 26.2 Å². The molecule has 0 saturated carbocycles. The van der Waals surface area contributed by atoms with Crippen LogP contribution in [0.3, 0.4) is 0 Å². The number of amides is 2. The van der Waals surface area contributed by atoms with Crippen molar-refractivity contribution in [2.75, 3.05) is 6.54 Å². The van der Waals surface area contributed by atoms with E-state index in [4.69, 9.17) is 0 Å². The van der Waals surface area contributed by atoms with Crippen LogP contribution in [0, 0.1) is 5.92 Å². The van der Waals surface area contributed by atoms with Gasteiger partial charge in [0.2, 0.25) is 5.91 Å². The molecule has 1 rings (SSSR count). The Morgan fingerprint density at radius 2 is 1.38 bits per heavy atom. The molecular weight excluding hydrogens is 298 g/mol. The second-order valence-corrected chi connectivity index (χ2v) is 7.15. The summed E-state index contributed by atoms with van der Waals surface area (Å²) in [5.74, 6) is -0.315. The minimum atomic E-state index is -0.243. The highest BCUT2D eigenvalue weighted by atomic mass is 16.2. The molecule has 0 bridgehead atoms. The first kappa shape index (κ1) is 20.9. The molecule has 1 saturated heterocycles. The van der Waals surface area contributed by atoms with Crippen molar-refractivity contribution in [3.63, 3.8) is 0 Å². The Bertz CT molecular complexity index is 414. The second-order valence-electron chi connectivity index (χ2n) is 7.15. The molecule has 0 spiro atoms. The van der Waals surface area contributed by atoms with Crippen LogP contribution in [-0.4, -0.2) is 23.3 Å². The summed E-state index contributed by atoms with van der Waals surface area (Å²) in [6, 6.07) is 0. The smallest absolute Gasteiger partial charge is 0.256 e. The molecule has 1 aliphatic heterocycles. The summed E-state index contributed by atoms with van der Waals surface area (Å²) in [4.78, 5) is 25.8. The third-order valence-electron chi connectivity index (χ3n) is 4.96. The topological polar surface area (TPSA) is 37.4 Å². The lowest BCUT2D eigenvalue weighted by Crippen LogP contribution is -2.30. The Hall–Kier alpha value is -1.12. The van der Waals surface area contributed by atoms with Crippen molar-refractivity contribution < 1.29 is 9.59 Å². The van der Waals surface area contributed by atoms with Gasteiger partial charge >= 0.3 is 0 Å². The molecule has 0 radical (unpaired) electrons. The molecule has 1 unspecified atom stereocenters. The normalized spacial score (nSPS) is 19.7. The minimum Gasteiger partial charge on any atom is -0.278 e. The summed E-state index contributed by atoms with van der Waals surface area (Å²) >= 11 is 0. The maximum atomic E-state index is 12.3. The zero-order valence-electron chi connectivity index (χ0n) is 16.1. The average Bonchev–Trinajstić information content (AvgIpc) is 2.77. The van der Waals surface area contributed by atoms with Gasteiger partial charge < -0.3 is 0 Å². The van der Waals surface area contributed by atoms with Crippen molar-refractivity contribution in [1.82, 2.24) is 4.90 Å². The molecule has 0 aromatic heterocycles. The Balaban J connectivity index is 2.14. The largest absolute Gasteiger partial charge is 0.278 e. The molecule has 1 heterocycles. The highest BCUT2D eigenvalue weighted by Crippen LogP contribution is 2.26. The highest BCUT2D eigenvalue weighted by molar-refractivity contribution is 6.14. The number of imide groups is 1. The molecule has 1 fully saturated rings. The SMILES string of the molecule is CCCCCCCCCCCC/C=C1\C(=O)N(CCC)C(=O)C1C. The molecular formula is C21H37NO2. The molecule has 0 aromatic rings. The van der Waals surface area contributed by atoms with Crippen LogP contribution in [0.15, 0.2) is 11.6 Å². The van der Waals surface area contributed by atoms with Gasteiger partial charge in [0, 0.05) is 12.1 Å². The molecule has 0 aromatic carbocycles. The fourth-order valence-electron chi connectivity index (χ4n) is 3.40. The molecule has 3 nitrogen and oxygen atoms in total. The van der Waals surface area contributed by atoms with Crippen LogP contribution < -0.4 is 0 Å². The number of hydrogen-bond donors (Lipinski definition) is 0. The second kappa shape index (κ2) is 12.3. The molecule has 1 atom stereocenters. The monoisotopic (exact) mass is 335 g/mol. The fraction of sp³-hybridized carbons (Fsp3) is 0.810. The van der Waals surface area contributed by atoms with Crippen LogP contribution in [0.2, 0.25) is 0 Å². The van der Waals surface area contributed by atoms with E-state index in [0.717, 1.165) is 24.8 Å². The van der Waals surface area contributed by atoms with E-state index in [1.54, 1.807) is 0 Å². The van der Waals surface area contributed by atoms with E-state index in [9.17, 15) is 9.59 Å². The third-order valence-corrected chi connectivity index (χ3v) is 4.96. The number of likely N-dealkylation sites (tertiary alicyclic amines) is 1. The lowest BCUT2D eigenvalue weighted by atomic mass is 10.0. The molecule has 1 aliphatic rings. The van der Waals surface area contributed by atoms with Crippen LogP contribution in [-0.2, 0) is 9.59 Å². The minimum absolute atomic E-state index is 0.0174. The molecule has 138 valence electrons. The van der Waals surface area contributed by atoms with E-state index in [-0.39, 0.29) is 17.7 Å². The van der Waals surface area contributed by atoms with Crippen molar-refractivity contribution >= 4 is 11.8 Å². The first-order chi connectivity index (χ1) is 11.6. The maximum Gasteiger partial charge on any atom is 0.256 e. The van der Waals surface area contributed by atoms with Gasteiger partial charge in [0.05, 0.1) is 5.92 Å². The van der Waals surface area contributed by atoms with Crippen LogP contribution in [0.1, 0.15) is 97.8 Å². The van der Waals surface area contributed by atoms with Gasteiger partial charge in [-0.25, -0.2) is 0 Å². The van der Waals surface area contributed by atoms with E-state index in [1.165, 1.54) is 62.7 Å². The molecule has 24 heavy (non-hydrogen) atoms. The fourth-order valence-corrected chi connectivity index (χ4v) is 3.40. The van der Waals surface area contributed by atoms with E-state index in [2.05, 4.69) is 6.92 Å². The molecule has 3 heteroatoms. The zero-order valence-corrected chi connectivity index (χ0v) is 16.1. The van der Waals surface area contributed by atoms with Crippen LogP contribution in [0.25, 0.3) is 0 Å². The first-order valence-electron chi connectivity index (χ1n) is 10.2. The van der Waals surface area contributed by atoms with Gasteiger partial charge in [-0.1, -0.05) is 77.7 Å². The van der Waals surface area contributed by atoms with Gasteiger partial charge in [-0.3, -0.25) is 14.5 Å². The van der Waals surface area contributed by atoms with Crippen LogP contribution in [0.4, 0.5) is 0 Å². The maximum absolute atomic E-state index is 12.3. The van der Waals surface area contributed by atoms with E-state index in [1.807, 2.05) is 19.9 Å². The lowest BCUT2D eigenvalue weighted by molar-refractivity contribution is -0.138. The van der Waals surface area contributed by atoms with Gasteiger partial charge in [0.15, 0.2) is 0 Å². The number of nitrogens with zero attached hydrogens (tertiary/aromatic N) is 1. The number of unbranched alkanes of at least 4 members (excludes halogenated alkanes) is 10. The van der Waals surface area contributed by atoms with Crippen molar-refractivity contribution in [3.8, 4) is 0 Å². The van der Waals surface area contributed by atoms with E-state index < -0.39 is 0 Å². The molecule has 2 amide bonds. The summed E-state index contributed by atoms with van der Waals surface area (Å²) in [6.45, 7) is 6.67. The van der Waals surface area contributed by atoms with Crippen molar-refractivity contribution in [1.29, 1.82) is 0 Å². The predicted molar refractivity (Wildman–Crippen MR) is 101 cm³/mol. The van der Waals surface area contributed by atoms with E-state index in [0.29, 0.717) is 6.54 Å². The number of hydrogen-bond acceptors (Lipinski definition) is 2. The molecule has 0 aliphatic carbocycles. The van der Waals surface area contributed by atoms with Crippen LogP contribution >= 0.6 is 0 Å². The summed E-state index contributed by atoms with van der Waals surface area (Å²) in [5, 5.41) is 0. The number of carbonyl (C=O) groups is 2. The number of carbonyl (C=O) groups excluding carboxylic acids is 2.